The highest BCUT2D eigenvalue weighted by atomic mass is 35.5. The first-order valence-corrected chi connectivity index (χ1v) is 9.86. The van der Waals surface area contributed by atoms with Crippen molar-refractivity contribution in [1.82, 2.24) is 9.71 Å². The zero-order chi connectivity index (χ0) is 17.2. The van der Waals surface area contributed by atoms with Gasteiger partial charge in [-0.1, -0.05) is 41.4 Å². The fourth-order valence-electron chi connectivity index (χ4n) is 2.84. The largest absolute Gasteiger partial charge is 0.370 e. The summed E-state index contributed by atoms with van der Waals surface area (Å²) in [6, 6.07) is 11.0. The van der Waals surface area contributed by atoms with Crippen LogP contribution in [0, 0.1) is 0 Å². The second kappa shape index (κ2) is 7.27. The van der Waals surface area contributed by atoms with E-state index in [0.29, 0.717) is 6.54 Å². The van der Waals surface area contributed by atoms with Crippen LogP contribution in [0.25, 0.3) is 0 Å². The molecule has 1 aromatic heterocycles. The molecular formula is C16H17Cl2N3O2S. The molecule has 1 aliphatic rings. The van der Waals surface area contributed by atoms with Crippen LogP contribution in [-0.2, 0) is 16.4 Å². The summed E-state index contributed by atoms with van der Waals surface area (Å²) in [5.74, 6) is 0. The molecule has 0 saturated heterocycles. The maximum atomic E-state index is 12.4. The van der Waals surface area contributed by atoms with Crippen molar-refractivity contribution < 1.29 is 8.42 Å². The smallest absolute Gasteiger partial charge is 0.243 e. The van der Waals surface area contributed by atoms with Crippen molar-refractivity contribution in [2.24, 2.45) is 0 Å². The Balaban J connectivity index is 1.66. The predicted molar refractivity (Wildman–Crippen MR) is 96.4 cm³/mol. The van der Waals surface area contributed by atoms with Crippen LogP contribution in [0.5, 0.6) is 0 Å². The Labute approximate surface area is 151 Å². The standard InChI is InChI=1S/C16H17Cl2N3O2S/c17-15-8-7-14(16(18)20-15)24(22,23)19-9-11-21-10-3-5-12-4-1-2-6-13(12)21/h1-2,4,6-8,19H,3,5,9-11H2. The number of halogens is 2. The second-order valence-corrected chi connectivity index (χ2v) is 8.02. The van der Waals surface area contributed by atoms with E-state index in [-0.39, 0.29) is 21.7 Å². The minimum atomic E-state index is -3.72. The van der Waals surface area contributed by atoms with Crippen molar-refractivity contribution in [3.8, 4) is 0 Å². The van der Waals surface area contributed by atoms with E-state index < -0.39 is 10.0 Å². The molecule has 0 radical (unpaired) electrons. The van der Waals surface area contributed by atoms with Crippen LogP contribution < -0.4 is 9.62 Å². The van der Waals surface area contributed by atoms with Gasteiger partial charge in [0.2, 0.25) is 10.0 Å². The minimum absolute atomic E-state index is 0.0624. The molecule has 1 aromatic carbocycles. The lowest BCUT2D eigenvalue weighted by atomic mass is 10.0. The molecular weight excluding hydrogens is 369 g/mol. The topological polar surface area (TPSA) is 62.3 Å². The van der Waals surface area contributed by atoms with Gasteiger partial charge < -0.3 is 4.90 Å². The molecule has 0 bridgehead atoms. The van der Waals surface area contributed by atoms with Crippen molar-refractivity contribution in [2.45, 2.75) is 17.7 Å². The monoisotopic (exact) mass is 385 g/mol. The number of sulfonamides is 1. The van der Waals surface area contributed by atoms with Gasteiger partial charge in [-0.25, -0.2) is 18.1 Å². The Bertz CT molecular complexity index is 843. The minimum Gasteiger partial charge on any atom is -0.370 e. The Kier molecular flexibility index (Phi) is 5.30. The number of nitrogens with one attached hydrogen (secondary N) is 1. The third kappa shape index (κ3) is 3.83. The molecule has 0 unspecified atom stereocenters. The lowest BCUT2D eigenvalue weighted by Gasteiger charge is -2.31. The number of benzene rings is 1. The van der Waals surface area contributed by atoms with E-state index in [2.05, 4.69) is 26.7 Å². The number of fused-ring (bicyclic) bond motifs is 1. The fraction of sp³-hybridized carbons (Fsp3) is 0.312. The van der Waals surface area contributed by atoms with Crippen LogP contribution in [0.1, 0.15) is 12.0 Å². The number of nitrogens with zero attached hydrogens (tertiary/aromatic N) is 2. The third-order valence-corrected chi connectivity index (χ3v) is 6.05. The number of anilines is 1. The summed E-state index contributed by atoms with van der Waals surface area (Å²) in [5, 5.41) is 0.0298. The van der Waals surface area contributed by atoms with Gasteiger partial charge in [-0.2, -0.15) is 0 Å². The summed E-state index contributed by atoms with van der Waals surface area (Å²) < 4.78 is 27.3. The van der Waals surface area contributed by atoms with E-state index in [4.69, 9.17) is 23.2 Å². The summed E-state index contributed by atoms with van der Waals surface area (Å²) in [6.45, 7) is 1.80. The summed E-state index contributed by atoms with van der Waals surface area (Å²) in [5.41, 5.74) is 2.48. The quantitative estimate of drug-likeness (QED) is 0.803. The van der Waals surface area contributed by atoms with Gasteiger partial charge in [-0.3, -0.25) is 0 Å². The summed E-state index contributed by atoms with van der Waals surface area (Å²) in [4.78, 5) is 5.90. The Hall–Kier alpha value is -1.34. The highest BCUT2D eigenvalue weighted by Crippen LogP contribution is 2.26. The molecule has 1 N–H and O–H groups in total. The highest BCUT2D eigenvalue weighted by Gasteiger charge is 2.20. The number of pyridine rings is 1. The van der Waals surface area contributed by atoms with E-state index in [1.54, 1.807) is 0 Å². The van der Waals surface area contributed by atoms with Crippen molar-refractivity contribution in [3.05, 3.63) is 52.3 Å². The van der Waals surface area contributed by atoms with Crippen LogP contribution in [0.4, 0.5) is 5.69 Å². The average Bonchev–Trinajstić information content (AvgIpc) is 2.54. The second-order valence-electron chi connectivity index (χ2n) is 5.54. The lowest BCUT2D eigenvalue weighted by molar-refractivity contribution is 0.578. The maximum absolute atomic E-state index is 12.4. The molecule has 8 heteroatoms. The molecule has 24 heavy (non-hydrogen) atoms. The zero-order valence-corrected chi connectivity index (χ0v) is 15.2. The molecule has 0 saturated carbocycles. The number of aromatic nitrogens is 1. The van der Waals surface area contributed by atoms with Crippen molar-refractivity contribution >= 4 is 38.9 Å². The molecule has 1 aliphatic heterocycles. The van der Waals surface area contributed by atoms with Gasteiger partial charge in [0.05, 0.1) is 0 Å². The molecule has 0 spiro atoms. The Morgan fingerprint density at radius 2 is 1.96 bits per heavy atom. The number of aryl methyl sites for hydroxylation is 1. The van der Waals surface area contributed by atoms with Crippen LogP contribution in [0.2, 0.25) is 10.3 Å². The zero-order valence-electron chi connectivity index (χ0n) is 12.9. The van der Waals surface area contributed by atoms with E-state index in [0.717, 1.165) is 19.4 Å². The number of rotatable bonds is 5. The van der Waals surface area contributed by atoms with Crippen molar-refractivity contribution in [2.75, 3.05) is 24.5 Å². The SMILES string of the molecule is O=S(=O)(NCCN1CCCc2ccccc21)c1ccc(Cl)nc1Cl. The van der Waals surface area contributed by atoms with Gasteiger partial charge in [0.15, 0.2) is 5.15 Å². The molecule has 0 fully saturated rings. The molecule has 3 rings (SSSR count). The molecule has 0 amide bonds. The molecule has 2 aromatic rings. The van der Waals surface area contributed by atoms with Gasteiger partial charge in [0.1, 0.15) is 10.0 Å². The van der Waals surface area contributed by atoms with Gasteiger partial charge in [-0.05, 0) is 36.6 Å². The predicted octanol–water partition coefficient (Wildman–Crippen LogP) is 3.12. The number of hydrogen-bond acceptors (Lipinski definition) is 4. The van der Waals surface area contributed by atoms with Gasteiger partial charge in [0.25, 0.3) is 0 Å². The Morgan fingerprint density at radius 1 is 1.17 bits per heavy atom. The van der Waals surface area contributed by atoms with Crippen molar-refractivity contribution in [3.63, 3.8) is 0 Å². The first-order chi connectivity index (χ1) is 11.5. The fourth-order valence-corrected chi connectivity index (χ4v) is 4.52. The van der Waals surface area contributed by atoms with E-state index >= 15 is 0 Å². The van der Waals surface area contributed by atoms with E-state index in [1.165, 1.54) is 23.4 Å². The van der Waals surface area contributed by atoms with Gasteiger partial charge in [-0.15, -0.1) is 0 Å². The molecule has 2 heterocycles. The summed E-state index contributed by atoms with van der Waals surface area (Å²) in [6.07, 6.45) is 2.13. The first kappa shape index (κ1) is 17.5. The summed E-state index contributed by atoms with van der Waals surface area (Å²) >= 11 is 11.6. The van der Waals surface area contributed by atoms with Crippen LogP contribution in [0.15, 0.2) is 41.3 Å². The van der Waals surface area contributed by atoms with E-state index in [9.17, 15) is 8.42 Å². The maximum Gasteiger partial charge on any atom is 0.243 e. The van der Waals surface area contributed by atoms with E-state index in [1.807, 2.05) is 12.1 Å². The van der Waals surface area contributed by atoms with Crippen LogP contribution in [0.3, 0.4) is 0 Å². The third-order valence-electron chi connectivity index (χ3n) is 3.95. The first-order valence-electron chi connectivity index (χ1n) is 7.62. The molecule has 5 nitrogen and oxygen atoms in total. The lowest BCUT2D eigenvalue weighted by Crippen LogP contribution is -2.37. The van der Waals surface area contributed by atoms with Gasteiger partial charge >= 0.3 is 0 Å². The molecule has 0 aliphatic carbocycles. The number of para-hydroxylation sites is 1. The molecule has 128 valence electrons. The number of hydrogen-bond donors (Lipinski definition) is 1. The summed E-state index contributed by atoms with van der Waals surface area (Å²) in [7, 11) is -3.72. The van der Waals surface area contributed by atoms with Crippen LogP contribution in [-0.4, -0.2) is 33.0 Å². The van der Waals surface area contributed by atoms with Crippen molar-refractivity contribution in [1.29, 1.82) is 0 Å². The Morgan fingerprint density at radius 3 is 2.75 bits per heavy atom. The van der Waals surface area contributed by atoms with Crippen LogP contribution >= 0.6 is 23.2 Å². The normalized spacial score (nSPS) is 14.5. The average molecular weight is 386 g/mol. The van der Waals surface area contributed by atoms with Gasteiger partial charge in [0, 0.05) is 25.3 Å². The molecule has 0 atom stereocenters. The highest BCUT2D eigenvalue weighted by molar-refractivity contribution is 7.89.